The van der Waals surface area contributed by atoms with Gasteiger partial charge in [0.05, 0.1) is 0 Å². The monoisotopic (exact) mass is 412 g/mol. The maximum Gasteiger partial charge on any atom is 0.313 e. The van der Waals surface area contributed by atoms with Crippen LogP contribution in [-0.4, -0.2) is 14.6 Å². The van der Waals surface area contributed by atoms with Gasteiger partial charge in [0.15, 0.2) is 28.1 Å². The van der Waals surface area contributed by atoms with Crippen LogP contribution in [0.4, 0.5) is 8.78 Å². The number of halogens is 2. The molecule has 0 saturated carbocycles. The first-order chi connectivity index (χ1) is 14.0. The zero-order valence-electron chi connectivity index (χ0n) is 14.9. The van der Waals surface area contributed by atoms with Crippen molar-refractivity contribution in [2.45, 2.75) is 10.9 Å². The number of rotatable bonds is 5. The van der Waals surface area contributed by atoms with Crippen LogP contribution in [0.1, 0.15) is 5.56 Å². The van der Waals surface area contributed by atoms with E-state index in [1.54, 1.807) is 0 Å². The lowest BCUT2D eigenvalue weighted by atomic mass is 10.2. The van der Waals surface area contributed by atoms with E-state index >= 15 is 0 Å². The van der Waals surface area contributed by atoms with Gasteiger partial charge in [-0.2, -0.15) is 0 Å². The molecule has 0 atom stereocenters. The summed E-state index contributed by atoms with van der Waals surface area (Å²) in [5.41, 5.74) is 0.614. The molecule has 2 heterocycles. The smallest absolute Gasteiger partial charge is 0.313 e. The highest BCUT2D eigenvalue weighted by molar-refractivity contribution is 7.98. The van der Waals surface area contributed by atoms with E-state index in [0.29, 0.717) is 22.4 Å². The normalized spacial score (nSPS) is 11.0. The van der Waals surface area contributed by atoms with E-state index in [1.165, 1.54) is 24.0 Å². The Morgan fingerprint density at radius 2 is 1.86 bits per heavy atom. The summed E-state index contributed by atoms with van der Waals surface area (Å²) >= 11 is 1.40. The first kappa shape index (κ1) is 18.9. The molecule has 0 radical (unpaired) electrons. The molecule has 29 heavy (non-hydrogen) atoms. The van der Waals surface area contributed by atoms with E-state index in [2.05, 4.69) is 9.97 Å². The van der Waals surface area contributed by atoms with Crippen molar-refractivity contribution in [1.82, 2.24) is 14.6 Å². The second-order valence-corrected chi connectivity index (χ2v) is 7.01. The first-order valence-corrected chi connectivity index (χ1v) is 9.47. The van der Waals surface area contributed by atoms with Crippen molar-refractivity contribution in [2.24, 2.45) is 0 Å². The third-order valence-electron chi connectivity index (χ3n) is 4.04. The fourth-order valence-electron chi connectivity index (χ4n) is 2.62. The van der Waals surface area contributed by atoms with Gasteiger partial charge in [-0.25, -0.2) is 23.4 Å². The predicted octanol–water partition coefficient (Wildman–Crippen LogP) is 3.87. The lowest BCUT2D eigenvalue weighted by molar-refractivity contribution is 0.431. The van der Waals surface area contributed by atoms with Gasteiger partial charge in [0, 0.05) is 23.4 Å². The largest absolute Gasteiger partial charge is 0.448 e. The Hall–Kier alpha value is -3.46. The number of aromatic nitrogens is 3. The second-order valence-electron chi connectivity index (χ2n) is 6.07. The van der Waals surface area contributed by atoms with Crippen LogP contribution in [0, 0.1) is 11.6 Å². The highest BCUT2D eigenvalue weighted by atomic mass is 32.2. The van der Waals surface area contributed by atoms with Crippen LogP contribution in [0.15, 0.2) is 70.7 Å². The second kappa shape index (κ2) is 7.88. The van der Waals surface area contributed by atoms with E-state index in [1.807, 2.05) is 30.3 Å². The molecule has 0 saturated heterocycles. The number of nitrogens with zero attached hydrogens (tertiary/aromatic N) is 3. The Bertz CT molecular complexity index is 1250. The van der Waals surface area contributed by atoms with E-state index in [4.69, 9.17) is 10.6 Å². The molecule has 2 N–H and O–H groups in total. The number of hydrogen-bond acceptors (Lipinski definition) is 6. The van der Waals surface area contributed by atoms with Gasteiger partial charge >= 0.3 is 5.56 Å². The van der Waals surface area contributed by atoms with Crippen LogP contribution in [-0.2, 0) is 5.75 Å². The first-order valence-electron chi connectivity index (χ1n) is 8.49. The molecule has 2 aromatic carbocycles. The quantitative estimate of drug-likeness (QED) is 0.304. The van der Waals surface area contributed by atoms with Gasteiger partial charge in [0.2, 0.25) is 0 Å². The number of nitrogen functional groups attached to an aromatic ring is 1. The molecular formula is C20H14F2N4O2S. The van der Waals surface area contributed by atoms with E-state index in [-0.39, 0.29) is 17.1 Å². The maximum atomic E-state index is 13.8. The SMILES string of the molecule is Nn1c(=O)c(Oc2ccc(F)cc2F)cc2cnc(SCc3ccccc3)nc21. The number of benzene rings is 2. The fraction of sp³-hybridized carbons (Fsp3) is 0.0500. The summed E-state index contributed by atoms with van der Waals surface area (Å²) in [5, 5.41) is 0.895. The molecule has 146 valence electrons. The molecule has 0 spiro atoms. The Balaban J connectivity index is 1.64. The van der Waals surface area contributed by atoms with Gasteiger partial charge in [-0.1, -0.05) is 42.1 Å². The van der Waals surface area contributed by atoms with Crippen molar-refractivity contribution in [3.63, 3.8) is 0 Å². The van der Waals surface area contributed by atoms with Crippen LogP contribution in [0.25, 0.3) is 11.0 Å². The molecule has 0 fully saturated rings. The van der Waals surface area contributed by atoms with E-state index in [0.717, 1.165) is 22.4 Å². The zero-order valence-corrected chi connectivity index (χ0v) is 15.7. The summed E-state index contributed by atoms with van der Waals surface area (Å²) < 4.78 is 33.0. The number of hydrogen-bond donors (Lipinski definition) is 1. The standard InChI is InChI=1S/C20H14F2N4O2S/c21-14-6-7-16(15(22)9-14)28-17-8-13-10-24-20(25-18(13)26(23)19(17)27)29-11-12-4-2-1-3-5-12/h1-10H,11,23H2. The summed E-state index contributed by atoms with van der Waals surface area (Å²) in [6.45, 7) is 0. The maximum absolute atomic E-state index is 13.8. The third kappa shape index (κ3) is 4.04. The van der Waals surface area contributed by atoms with Crippen LogP contribution < -0.4 is 16.1 Å². The minimum atomic E-state index is -0.933. The van der Waals surface area contributed by atoms with Crippen molar-refractivity contribution >= 4 is 22.8 Å². The van der Waals surface area contributed by atoms with Gasteiger partial charge in [-0.3, -0.25) is 4.79 Å². The Morgan fingerprint density at radius 3 is 2.62 bits per heavy atom. The van der Waals surface area contributed by atoms with Crippen molar-refractivity contribution in [2.75, 3.05) is 5.84 Å². The number of nitrogens with two attached hydrogens (primary N) is 1. The molecule has 0 bridgehead atoms. The lowest BCUT2D eigenvalue weighted by Gasteiger charge is -2.10. The molecule has 0 aliphatic rings. The minimum Gasteiger partial charge on any atom is -0.448 e. The number of pyridine rings is 1. The topological polar surface area (TPSA) is 83.0 Å². The minimum absolute atomic E-state index is 0.215. The highest BCUT2D eigenvalue weighted by Crippen LogP contribution is 2.26. The van der Waals surface area contributed by atoms with Gasteiger partial charge in [-0.05, 0) is 23.8 Å². The van der Waals surface area contributed by atoms with Crippen molar-refractivity contribution in [3.8, 4) is 11.5 Å². The van der Waals surface area contributed by atoms with Gasteiger partial charge < -0.3 is 10.6 Å². The summed E-state index contributed by atoms with van der Waals surface area (Å²) in [6, 6.07) is 14.0. The average molecular weight is 412 g/mol. The number of fused-ring (bicyclic) bond motifs is 1. The van der Waals surface area contributed by atoms with E-state index in [9.17, 15) is 13.6 Å². The van der Waals surface area contributed by atoms with Crippen molar-refractivity contribution in [3.05, 3.63) is 88.3 Å². The van der Waals surface area contributed by atoms with Crippen LogP contribution in [0.2, 0.25) is 0 Å². The zero-order chi connectivity index (χ0) is 20.4. The fourth-order valence-corrected chi connectivity index (χ4v) is 3.39. The van der Waals surface area contributed by atoms with Crippen LogP contribution in [0.5, 0.6) is 11.5 Å². The Morgan fingerprint density at radius 1 is 1.07 bits per heavy atom. The molecule has 0 unspecified atom stereocenters. The van der Waals surface area contributed by atoms with Gasteiger partial charge in [0.25, 0.3) is 0 Å². The molecule has 4 rings (SSSR count). The van der Waals surface area contributed by atoms with Crippen LogP contribution >= 0.6 is 11.8 Å². The summed E-state index contributed by atoms with van der Waals surface area (Å²) in [5.74, 6) is 4.34. The summed E-state index contributed by atoms with van der Waals surface area (Å²) in [7, 11) is 0. The molecular weight excluding hydrogens is 398 g/mol. The summed E-state index contributed by atoms with van der Waals surface area (Å²) in [4.78, 5) is 21.1. The molecule has 4 aromatic rings. The molecule has 0 aliphatic carbocycles. The molecule has 2 aromatic heterocycles. The third-order valence-corrected chi connectivity index (χ3v) is 4.98. The lowest BCUT2D eigenvalue weighted by Crippen LogP contribution is -2.28. The predicted molar refractivity (Wildman–Crippen MR) is 106 cm³/mol. The van der Waals surface area contributed by atoms with Crippen LogP contribution in [0.3, 0.4) is 0 Å². The molecule has 0 amide bonds. The molecule has 0 aliphatic heterocycles. The van der Waals surface area contributed by atoms with Crippen molar-refractivity contribution < 1.29 is 13.5 Å². The van der Waals surface area contributed by atoms with Crippen molar-refractivity contribution in [1.29, 1.82) is 0 Å². The molecule has 6 nitrogen and oxygen atoms in total. The van der Waals surface area contributed by atoms with E-state index < -0.39 is 17.2 Å². The van der Waals surface area contributed by atoms with Gasteiger partial charge in [0.1, 0.15) is 5.82 Å². The Labute approximate surface area is 168 Å². The number of ether oxygens (including phenoxy) is 1. The number of thioether (sulfide) groups is 1. The summed E-state index contributed by atoms with van der Waals surface area (Å²) in [6.07, 6.45) is 1.51. The van der Waals surface area contributed by atoms with Gasteiger partial charge in [-0.15, -0.1) is 0 Å². The Kier molecular flexibility index (Phi) is 5.13. The molecule has 9 heteroatoms. The average Bonchev–Trinajstić information content (AvgIpc) is 2.73. The highest BCUT2D eigenvalue weighted by Gasteiger charge is 2.14.